The van der Waals surface area contributed by atoms with E-state index in [1.807, 2.05) is 38.1 Å². The lowest BCUT2D eigenvalue weighted by Crippen LogP contribution is -2.45. The van der Waals surface area contributed by atoms with Gasteiger partial charge in [0.1, 0.15) is 12.6 Å². The Labute approximate surface area is 205 Å². The van der Waals surface area contributed by atoms with Gasteiger partial charge in [-0.1, -0.05) is 55.5 Å². The van der Waals surface area contributed by atoms with Crippen LogP contribution < -0.4 is 5.32 Å². The van der Waals surface area contributed by atoms with Gasteiger partial charge < -0.3 is 24.8 Å². The van der Waals surface area contributed by atoms with E-state index in [1.54, 1.807) is 0 Å². The Hall–Kier alpha value is -3.39. The molecular weight excluding hydrogens is 448 g/mol. The average Bonchev–Trinajstić information content (AvgIpc) is 3.39. The Balaban J connectivity index is 1.32. The number of benzene rings is 2. The van der Waals surface area contributed by atoms with Gasteiger partial charge in [-0.05, 0) is 41.5 Å². The highest BCUT2D eigenvalue weighted by Crippen LogP contribution is 2.44. The Morgan fingerprint density at radius 3 is 2.31 bits per heavy atom. The van der Waals surface area contributed by atoms with Crippen LogP contribution in [0.3, 0.4) is 0 Å². The zero-order chi connectivity index (χ0) is 24.9. The second-order valence-corrected chi connectivity index (χ2v) is 9.12. The molecule has 2 aromatic rings. The third-order valence-corrected chi connectivity index (χ3v) is 6.90. The topological polar surface area (TPSA) is 105 Å². The SMILES string of the molecule is CCOC(CNC(=O)OCC1c2ccccc2-c2ccccc21)CC(=O)N1CCC(C)C1C(=O)O. The zero-order valence-corrected chi connectivity index (χ0v) is 20.1. The second-order valence-electron chi connectivity index (χ2n) is 9.12. The molecule has 1 heterocycles. The number of carboxylic acid groups (broad SMARTS) is 1. The van der Waals surface area contributed by atoms with Crippen LogP contribution in [0.2, 0.25) is 0 Å². The number of likely N-dealkylation sites (tertiary alicyclic amines) is 1. The smallest absolute Gasteiger partial charge is 0.407 e. The van der Waals surface area contributed by atoms with E-state index in [0.717, 1.165) is 22.3 Å². The fraction of sp³-hybridized carbons (Fsp3) is 0.444. The summed E-state index contributed by atoms with van der Waals surface area (Å²) in [7, 11) is 0. The first-order valence-corrected chi connectivity index (χ1v) is 12.1. The predicted octanol–water partition coefficient (Wildman–Crippen LogP) is 3.64. The number of aliphatic carboxylic acids is 1. The van der Waals surface area contributed by atoms with Crippen molar-refractivity contribution in [3.05, 3.63) is 59.7 Å². The molecule has 4 rings (SSSR count). The Morgan fingerprint density at radius 1 is 1.09 bits per heavy atom. The summed E-state index contributed by atoms with van der Waals surface area (Å²) in [5.74, 6) is -1.41. The lowest BCUT2D eigenvalue weighted by molar-refractivity contribution is -0.150. The van der Waals surface area contributed by atoms with Crippen LogP contribution in [0.1, 0.15) is 43.7 Å². The van der Waals surface area contributed by atoms with Gasteiger partial charge in [-0.25, -0.2) is 9.59 Å². The normalized spacial score (nSPS) is 19.7. The molecule has 0 aromatic heterocycles. The molecule has 3 unspecified atom stereocenters. The van der Waals surface area contributed by atoms with Crippen molar-refractivity contribution in [3.8, 4) is 11.1 Å². The molecule has 1 aliphatic heterocycles. The molecule has 3 atom stereocenters. The molecule has 0 bridgehead atoms. The molecule has 2 amide bonds. The number of carboxylic acids is 1. The van der Waals surface area contributed by atoms with Crippen LogP contribution in [0, 0.1) is 5.92 Å². The van der Waals surface area contributed by atoms with Gasteiger partial charge in [0.15, 0.2) is 0 Å². The summed E-state index contributed by atoms with van der Waals surface area (Å²) in [6.07, 6.45) is -0.505. The first-order valence-electron chi connectivity index (χ1n) is 12.1. The quantitative estimate of drug-likeness (QED) is 0.568. The van der Waals surface area contributed by atoms with E-state index in [-0.39, 0.29) is 37.3 Å². The fourth-order valence-corrected chi connectivity index (χ4v) is 5.19. The summed E-state index contributed by atoms with van der Waals surface area (Å²) in [5.41, 5.74) is 4.57. The van der Waals surface area contributed by atoms with Gasteiger partial charge in [0, 0.05) is 25.6 Å². The molecule has 2 N–H and O–H groups in total. The number of amides is 2. The molecule has 0 radical (unpaired) electrons. The minimum atomic E-state index is -0.993. The maximum absolute atomic E-state index is 12.8. The number of carbonyl (C=O) groups is 3. The molecule has 2 aliphatic rings. The molecule has 35 heavy (non-hydrogen) atoms. The molecule has 1 aliphatic carbocycles. The van der Waals surface area contributed by atoms with Crippen LogP contribution in [0.15, 0.2) is 48.5 Å². The van der Waals surface area contributed by atoms with Crippen molar-refractivity contribution in [2.75, 3.05) is 26.3 Å². The third-order valence-electron chi connectivity index (χ3n) is 6.90. The monoisotopic (exact) mass is 480 g/mol. The average molecular weight is 481 g/mol. The van der Waals surface area contributed by atoms with Gasteiger partial charge in [-0.3, -0.25) is 4.79 Å². The van der Waals surface area contributed by atoms with Gasteiger partial charge in [0.25, 0.3) is 0 Å². The second kappa shape index (κ2) is 10.9. The predicted molar refractivity (Wildman–Crippen MR) is 130 cm³/mol. The molecule has 2 aromatic carbocycles. The first kappa shape index (κ1) is 24.7. The maximum atomic E-state index is 12.8. The number of ether oxygens (including phenoxy) is 2. The number of carbonyl (C=O) groups excluding carboxylic acids is 2. The van der Waals surface area contributed by atoms with Gasteiger partial charge in [0.05, 0.1) is 12.5 Å². The molecule has 8 heteroatoms. The third kappa shape index (κ3) is 5.32. The number of alkyl carbamates (subject to hydrolysis) is 1. The number of nitrogens with zero attached hydrogens (tertiary/aromatic N) is 1. The van der Waals surface area contributed by atoms with E-state index >= 15 is 0 Å². The van der Waals surface area contributed by atoms with Crippen LogP contribution in [0.4, 0.5) is 4.79 Å². The van der Waals surface area contributed by atoms with Crippen LogP contribution in [-0.4, -0.2) is 66.4 Å². The van der Waals surface area contributed by atoms with Crippen molar-refractivity contribution < 1.29 is 29.0 Å². The summed E-state index contributed by atoms with van der Waals surface area (Å²) in [5, 5.41) is 12.2. The number of hydrogen-bond donors (Lipinski definition) is 2. The van der Waals surface area contributed by atoms with Gasteiger partial charge >= 0.3 is 12.1 Å². The van der Waals surface area contributed by atoms with E-state index in [4.69, 9.17) is 9.47 Å². The number of nitrogens with one attached hydrogen (secondary N) is 1. The lowest BCUT2D eigenvalue weighted by Gasteiger charge is -2.26. The van der Waals surface area contributed by atoms with Crippen molar-refractivity contribution in [3.63, 3.8) is 0 Å². The van der Waals surface area contributed by atoms with Crippen molar-refractivity contribution in [2.24, 2.45) is 5.92 Å². The molecule has 186 valence electrons. The molecule has 0 spiro atoms. The molecule has 1 saturated heterocycles. The Bertz CT molecular complexity index is 1040. The Morgan fingerprint density at radius 2 is 1.71 bits per heavy atom. The standard InChI is InChI=1S/C27H32N2O6/c1-3-34-18(14-24(30)29-13-12-17(2)25(29)26(31)32)15-28-27(33)35-16-23-21-10-6-4-8-19(21)20-9-5-7-11-22(20)23/h4-11,17-18,23,25H,3,12-16H2,1-2H3,(H,28,33)(H,31,32). The van der Waals surface area contributed by atoms with Crippen molar-refractivity contribution in [1.82, 2.24) is 10.2 Å². The zero-order valence-electron chi connectivity index (χ0n) is 20.1. The van der Waals surface area contributed by atoms with Crippen LogP contribution >= 0.6 is 0 Å². The number of fused-ring (bicyclic) bond motifs is 3. The summed E-state index contributed by atoms with van der Waals surface area (Å²) < 4.78 is 11.2. The van der Waals surface area contributed by atoms with Gasteiger partial charge in [-0.2, -0.15) is 0 Å². The van der Waals surface area contributed by atoms with E-state index in [9.17, 15) is 19.5 Å². The highest BCUT2D eigenvalue weighted by Gasteiger charge is 2.40. The number of rotatable bonds is 9. The van der Waals surface area contributed by atoms with Crippen molar-refractivity contribution in [2.45, 2.75) is 44.8 Å². The van der Waals surface area contributed by atoms with Gasteiger partial charge in [0.2, 0.25) is 5.91 Å². The van der Waals surface area contributed by atoms with E-state index < -0.39 is 24.2 Å². The lowest BCUT2D eigenvalue weighted by atomic mass is 9.98. The molecular formula is C27H32N2O6. The molecule has 0 saturated carbocycles. The minimum Gasteiger partial charge on any atom is -0.480 e. The van der Waals surface area contributed by atoms with Crippen molar-refractivity contribution in [1.29, 1.82) is 0 Å². The highest BCUT2D eigenvalue weighted by molar-refractivity contribution is 5.85. The first-order chi connectivity index (χ1) is 16.9. The highest BCUT2D eigenvalue weighted by atomic mass is 16.5. The largest absolute Gasteiger partial charge is 0.480 e. The van der Waals surface area contributed by atoms with Crippen LogP contribution in [-0.2, 0) is 19.1 Å². The summed E-state index contributed by atoms with van der Waals surface area (Å²) in [4.78, 5) is 38.3. The van der Waals surface area contributed by atoms with Crippen molar-refractivity contribution >= 4 is 18.0 Å². The number of hydrogen-bond acceptors (Lipinski definition) is 5. The van der Waals surface area contributed by atoms with E-state index in [2.05, 4.69) is 29.6 Å². The summed E-state index contributed by atoms with van der Waals surface area (Å²) >= 11 is 0. The van der Waals surface area contributed by atoms with Gasteiger partial charge in [-0.15, -0.1) is 0 Å². The minimum absolute atomic E-state index is 0.00596. The van der Waals surface area contributed by atoms with Crippen LogP contribution in [0.5, 0.6) is 0 Å². The maximum Gasteiger partial charge on any atom is 0.407 e. The van der Waals surface area contributed by atoms with E-state index in [1.165, 1.54) is 4.90 Å². The summed E-state index contributed by atoms with van der Waals surface area (Å²) in [6.45, 7) is 4.72. The molecule has 1 fully saturated rings. The van der Waals surface area contributed by atoms with Crippen LogP contribution in [0.25, 0.3) is 11.1 Å². The van der Waals surface area contributed by atoms with E-state index in [0.29, 0.717) is 19.6 Å². The molecule has 8 nitrogen and oxygen atoms in total. The fourth-order valence-electron chi connectivity index (χ4n) is 5.19. The Kier molecular flexibility index (Phi) is 7.70. The summed E-state index contributed by atoms with van der Waals surface area (Å²) in [6, 6.07) is 15.4.